The average Bonchev–Trinajstić information content (AvgIpc) is 2.96. The predicted molar refractivity (Wildman–Crippen MR) is 102 cm³/mol. The van der Waals surface area contributed by atoms with E-state index in [1.54, 1.807) is 33.0 Å². The van der Waals surface area contributed by atoms with E-state index in [9.17, 15) is 22.4 Å². The van der Waals surface area contributed by atoms with Crippen molar-refractivity contribution in [3.63, 3.8) is 0 Å². The zero-order valence-corrected chi connectivity index (χ0v) is 16.5. The Kier molecular flexibility index (Phi) is 6.09. The standard InChI is InChI=1S/C21H19F4N3O2/c1-12-19(13(2)28(26-12)18-9-6-15(22)10-17(18)23)20(29)27(3)11-14-4-7-16(8-5-14)30-21(24)25/h4-10,21H,11H2,1-3H3. The van der Waals surface area contributed by atoms with Crippen LogP contribution in [0.25, 0.3) is 5.69 Å². The third-order valence-electron chi connectivity index (χ3n) is 4.56. The van der Waals surface area contributed by atoms with Crippen molar-refractivity contribution >= 4 is 5.91 Å². The number of rotatable bonds is 6. The van der Waals surface area contributed by atoms with Crippen LogP contribution in [-0.2, 0) is 6.54 Å². The molecule has 0 aliphatic carbocycles. The SMILES string of the molecule is Cc1nn(-c2ccc(F)cc2F)c(C)c1C(=O)N(C)Cc1ccc(OC(F)F)cc1. The van der Waals surface area contributed by atoms with Gasteiger partial charge in [0.1, 0.15) is 17.3 Å². The minimum absolute atomic E-state index is 0.0250. The molecule has 0 N–H and O–H groups in total. The summed E-state index contributed by atoms with van der Waals surface area (Å²) in [6.45, 7) is 0.555. The van der Waals surface area contributed by atoms with Gasteiger partial charge in [0.05, 0.1) is 17.0 Å². The highest BCUT2D eigenvalue weighted by atomic mass is 19.3. The van der Waals surface area contributed by atoms with Gasteiger partial charge < -0.3 is 9.64 Å². The van der Waals surface area contributed by atoms with Crippen molar-refractivity contribution in [2.45, 2.75) is 27.0 Å². The lowest BCUT2D eigenvalue weighted by Gasteiger charge is -2.18. The smallest absolute Gasteiger partial charge is 0.387 e. The Morgan fingerprint density at radius 2 is 1.80 bits per heavy atom. The molecule has 0 bridgehead atoms. The first-order valence-corrected chi connectivity index (χ1v) is 8.98. The Morgan fingerprint density at radius 3 is 2.40 bits per heavy atom. The van der Waals surface area contributed by atoms with Gasteiger partial charge >= 0.3 is 6.61 Å². The molecule has 3 rings (SSSR count). The van der Waals surface area contributed by atoms with Crippen molar-refractivity contribution in [1.29, 1.82) is 0 Å². The van der Waals surface area contributed by atoms with Crippen molar-refractivity contribution in [2.75, 3.05) is 7.05 Å². The lowest BCUT2D eigenvalue weighted by atomic mass is 10.1. The largest absolute Gasteiger partial charge is 0.435 e. The van der Waals surface area contributed by atoms with E-state index in [4.69, 9.17) is 0 Å². The number of carbonyl (C=O) groups excluding carboxylic acids is 1. The molecule has 1 heterocycles. The second kappa shape index (κ2) is 8.56. The van der Waals surface area contributed by atoms with Gasteiger partial charge in [-0.3, -0.25) is 4.79 Å². The summed E-state index contributed by atoms with van der Waals surface area (Å²) in [6.07, 6.45) is 0. The number of amides is 1. The van der Waals surface area contributed by atoms with Crippen molar-refractivity contribution in [3.8, 4) is 11.4 Å². The van der Waals surface area contributed by atoms with Gasteiger partial charge in [-0.05, 0) is 43.7 Å². The summed E-state index contributed by atoms with van der Waals surface area (Å²) in [5.74, 6) is -1.82. The van der Waals surface area contributed by atoms with Gasteiger partial charge in [0.2, 0.25) is 0 Å². The highest BCUT2D eigenvalue weighted by Gasteiger charge is 2.23. The second-order valence-electron chi connectivity index (χ2n) is 6.74. The van der Waals surface area contributed by atoms with Crippen molar-refractivity contribution in [3.05, 3.63) is 76.6 Å². The fraction of sp³-hybridized carbons (Fsp3) is 0.238. The van der Waals surface area contributed by atoms with Crippen LogP contribution in [-0.4, -0.2) is 34.2 Å². The summed E-state index contributed by atoms with van der Waals surface area (Å²) in [5, 5.41) is 4.24. The van der Waals surface area contributed by atoms with E-state index in [1.807, 2.05) is 0 Å². The van der Waals surface area contributed by atoms with Crippen LogP contribution < -0.4 is 4.74 Å². The molecule has 0 saturated carbocycles. The molecule has 0 fully saturated rings. The molecule has 0 saturated heterocycles. The minimum atomic E-state index is -2.91. The molecule has 3 aromatic rings. The van der Waals surface area contributed by atoms with Crippen LogP contribution >= 0.6 is 0 Å². The van der Waals surface area contributed by atoms with Crippen molar-refractivity contribution < 1.29 is 27.1 Å². The first-order valence-electron chi connectivity index (χ1n) is 8.98. The minimum Gasteiger partial charge on any atom is -0.435 e. The third-order valence-corrected chi connectivity index (χ3v) is 4.56. The number of ether oxygens (including phenoxy) is 1. The van der Waals surface area contributed by atoms with E-state index in [0.29, 0.717) is 22.5 Å². The zero-order valence-electron chi connectivity index (χ0n) is 16.5. The van der Waals surface area contributed by atoms with Crippen LogP contribution in [0.4, 0.5) is 17.6 Å². The van der Waals surface area contributed by atoms with Gasteiger partial charge in [-0.25, -0.2) is 13.5 Å². The van der Waals surface area contributed by atoms with Crippen molar-refractivity contribution in [2.24, 2.45) is 0 Å². The molecule has 0 atom stereocenters. The maximum Gasteiger partial charge on any atom is 0.387 e. The average molecular weight is 421 g/mol. The Morgan fingerprint density at radius 1 is 1.13 bits per heavy atom. The molecular weight excluding hydrogens is 402 g/mol. The van der Waals surface area contributed by atoms with Crippen LogP contribution in [0, 0.1) is 25.5 Å². The number of hydrogen-bond acceptors (Lipinski definition) is 3. The second-order valence-corrected chi connectivity index (χ2v) is 6.74. The third kappa shape index (κ3) is 4.45. The first kappa shape index (κ1) is 21.4. The summed E-state index contributed by atoms with van der Waals surface area (Å²) < 4.78 is 57.4. The molecule has 1 aromatic heterocycles. The summed E-state index contributed by atoms with van der Waals surface area (Å²) in [4.78, 5) is 14.4. The molecule has 30 heavy (non-hydrogen) atoms. The molecule has 2 aromatic carbocycles. The number of nitrogens with zero attached hydrogens (tertiary/aromatic N) is 3. The van der Waals surface area contributed by atoms with Gasteiger partial charge in [-0.1, -0.05) is 12.1 Å². The van der Waals surface area contributed by atoms with Crippen LogP contribution in [0.5, 0.6) is 5.75 Å². The van der Waals surface area contributed by atoms with E-state index < -0.39 is 18.2 Å². The Hall–Kier alpha value is -3.36. The molecule has 0 aliphatic rings. The highest BCUT2D eigenvalue weighted by molar-refractivity contribution is 5.96. The van der Waals surface area contributed by atoms with E-state index in [1.165, 1.54) is 27.8 Å². The molecule has 0 radical (unpaired) electrons. The Bertz CT molecular complexity index is 1060. The zero-order chi connectivity index (χ0) is 22.0. The van der Waals surface area contributed by atoms with E-state index in [2.05, 4.69) is 9.84 Å². The first-order chi connectivity index (χ1) is 14.2. The van der Waals surface area contributed by atoms with E-state index in [-0.39, 0.29) is 23.9 Å². The van der Waals surface area contributed by atoms with Gasteiger partial charge in [0, 0.05) is 19.7 Å². The Labute approximate surface area is 170 Å². The quantitative estimate of drug-likeness (QED) is 0.545. The number of hydrogen-bond donors (Lipinski definition) is 0. The molecule has 9 heteroatoms. The fourth-order valence-electron chi connectivity index (χ4n) is 3.15. The highest BCUT2D eigenvalue weighted by Crippen LogP contribution is 2.23. The van der Waals surface area contributed by atoms with Gasteiger partial charge in [-0.2, -0.15) is 13.9 Å². The monoisotopic (exact) mass is 421 g/mol. The molecule has 1 amide bonds. The number of carbonyl (C=O) groups is 1. The number of benzene rings is 2. The summed E-state index contributed by atoms with van der Waals surface area (Å²) in [7, 11) is 1.58. The normalized spacial score (nSPS) is 11.1. The topological polar surface area (TPSA) is 47.4 Å². The van der Waals surface area contributed by atoms with Gasteiger partial charge in [0.25, 0.3) is 5.91 Å². The van der Waals surface area contributed by atoms with Crippen LogP contribution in [0.3, 0.4) is 0 Å². The maximum atomic E-state index is 14.2. The fourth-order valence-corrected chi connectivity index (χ4v) is 3.15. The molecule has 0 unspecified atom stereocenters. The lowest BCUT2D eigenvalue weighted by Crippen LogP contribution is -2.27. The van der Waals surface area contributed by atoms with Gasteiger partial charge in [-0.15, -0.1) is 0 Å². The molecule has 0 aliphatic heterocycles. The van der Waals surface area contributed by atoms with Gasteiger partial charge in [0.15, 0.2) is 5.82 Å². The molecular formula is C21H19F4N3O2. The summed E-state index contributed by atoms with van der Waals surface area (Å²) >= 11 is 0. The maximum absolute atomic E-state index is 14.2. The van der Waals surface area contributed by atoms with E-state index >= 15 is 0 Å². The van der Waals surface area contributed by atoms with E-state index in [0.717, 1.165) is 12.1 Å². The molecule has 5 nitrogen and oxygen atoms in total. The van der Waals surface area contributed by atoms with Crippen LogP contribution in [0.2, 0.25) is 0 Å². The lowest BCUT2D eigenvalue weighted by molar-refractivity contribution is -0.0498. The Balaban J connectivity index is 1.82. The number of aryl methyl sites for hydroxylation is 1. The van der Waals surface area contributed by atoms with Crippen molar-refractivity contribution in [1.82, 2.24) is 14.7 Å². The van der Waals surface area contributed by atoms with Crippen LogP contribution in [0.1, 0.15) is 27.3 Å². The number of aromatic nitrogens is 2. The number of halogens is 4. The summed E-state index contributed by atoms with van der Waals surface area (Å²) in [5.41, 5.74) is 1.86. The molecule has 0 spiro atoms. The molecule has 158 valence electrons. The predicted octanol–water partition coefficient (Wildman–Crippen LogP) is 4.64. The summed E-state index contributed by atoms with van der Waals surface area (Å²) in [6, 6.07) is 9.07. The van der Waals surface area contributed by atoms with Crippen LogP contribution in [0.15, 0.2) is 42.5 Å². The number of alkyl halides is 2.